The number of nitrogens with one attached hydrogen (secondary N) is 1. The lowest BCUT2D eigenvalue weighted by Crippen LogP contribution is -2.27. The Bertz CT molecular complexity index is 1220. The number of para-hydroxylation sites is 2. The zero-order chi connectivity index (χ0) is 22.7. The fourth-order valence-corrected chi connectivity index (χ4v) is 3.82. The Morgan fingerprint density at radius 3 is 2.53 bits per heavy atom. The number of amides is 1. The average molecular weight is 435 g/mol. The van der Waals surface area contributed by atoms with Crippen LogP contribution in [-0.4, -0.2) is 49.8 Å². The highest BCUT2D eigenvalue weighted by Crippen LogP contribution is 2.21. The molecule has 0 fully saturated rings. The molecule has 0 spiro atoms. The van der Waals surface area contributed by atoms with Crippen molar-refractivity contribution >= 4 is 22.9 Å². The maximum atomic E-state index is 13.3. The molecule has 0 saturated heterocycles. The van der Waals surface area contributed by atoms with Crippen LogP contribution in [0.15, 0.2) is 54.7 Å². The van der Waals surface area contributed by atoms with Crippen LogP contribution in [-0.2, 0) is 6.54 Å². The minimum Gasteiger partial charge on any atom is -0.309 e. The van der Waals surface area contributed by atoms with Crippen molar-refractivity contribution in [2.45, 2.75) is 27.3 Å². The monoisotopic (exact) mass is 434 g/mol. The van der Waals surface area contributed by atoms with E-state index in [4.69, 9.17) is 0 Å². The number of hydrogen-bond acceptors (Lipinski definition) is 4. The molecule has 0 aliphatic heterocycles. The Hall–Kier alpha value is -3.52. The van der Waals surface area contributed by atoms with E-state index in [1.807, 2.05) is 35.8 Å². The zero-order valence-electron chi connectivity index (χ0n) is 18.5. The highest BCUT2D eigenvalue weighted by atomic mass is 19.1. The lowest BCUT2D eigenvalue weighted by molar-refractivity contribution is 0.102. The molecular formula is C24H27FN6O. The smallest absolute Gasteiger partial charge is 0.261 e. The molecule has 4 rings (SSSR count). The van der Waals surface area contributed by atoms with Crippen molar-refractivity contribution in [1.82, 2.24) is 24.2 Å². The number of nitrogens with zero attached hydrogens (tertiary/aromatic N) is 5. The largest absolute Gasteiger partial charge is 0.309 e. The summed E-state index contributed by atoms with van der Waals surface area (Å²) >= 11 is 0. The molecular weight excluding hydrogens is 407 g/mol. The van der Waals surface area contributed by atoms with E-state index in [0.717, 1.165) is 30.7 Å². The third-order valence-corrected chi connectivity index (χ3v) is 5.74. The van der Waals surface area contributed by atoms with Crippen molar-refractivity contribution < 1.29 is 9.18 Å². The maximum absolute atomic E-state index is 13.3. The molecule has 1 N–H and O–H groups in total. The van der Waals surface area contributed by atoms with E-state index in [1.54, 1.807) is 16.8 Å². The molecule has 8 heteroatoms. The van der Waals surface area contributed by atoms with Gasteiger partial charge in [0.1, 0.15) is 5.82 Å². The van der Waals surface area contributed by atoms with Crippen LogP contribution >= 0.6 is 0 Å². The van der Waals surface area contributed by atoms with Crippen LogP contribution in [0.4, 0.5) is 10.3 Å². The SMILES string of the molecule is CCN(CC)CCn1c(NC(=O)c2cnn(-c3ccc(F)cc3)c2C)nc2ccccc21. The molecule has 0 saturated carbocycles. The van der Waals surface area contributed by atoms with Gasteiger partial charge in [-0.05, 0) is 56.4 Å². The van der Waals surface area contributed by atoms with Gasteiger partial charge >= 0.3 is 0 Å². The zero-order valence-corrected chi connectivity index (χ0v) is 18.5. The molecule has 2 heterocycles. The van der Waals surface area contributed by atoms with E-state index in [-0.39, 0.29) is 11.7 Å². The van der Waals surface area contributed by atoms with Gasteiger partial charge in [0, 0.05) is 13.1 Å². The number of fused-ring (bicyclic) bond motifs is 1. The summed E-state index contributed by atoms with van der Waals surface area (Å²) in [5.41, 5.74) is 3.61. The van der Waals surface area contributed by atoms with E-state index < -0.39 is 0 Å². The van der Waals surface area contributed by atoms with Crippen LogP contribution in [0.5, 0.6) is 0 Å². The van der Waals surface area contributed by atoms with Crippen molar-refractivity contribution in [2.75, 3.05) is 25.0 Å². The van der Waals surface area contributed by atoms with Crippen LogP contribution in [0.2, 0.25) is 0 Å². The number of carbonyl (C=O) groups excluding carboxylic acids is 1. The molecule has 7 nitrogen and oxygen atoms in total. The molecule has 166 valence electrons. The predicted octanol–water partition coefficient (Wildman–Crippen LogP) is 4.26. The minimum absolute atomic E-state index is 0.282. The van der Waals surface area contributed by atoms with Crippen molar-refractivity contribution in [1.29, 1.82) is 0 Å². The van der Waals surface area contributed by atoms with E-state index in [2.05, 4.69) is 34.1 Å². The number of benzene rings is 2. The first kappa shape index (κ1) is 21.7. The molecule has 0 radical (unpaired) electrons. The molecule has 2 aromatic heterocycles. The van der Waals surface area contributed by atoms with Crippen LogP contribution in [0, 0.1) is 12.7 Å². The van der Waals surface area contributed by atoms with Gasteiger partial charge in [0.05, 0.1) is 34.2 Å². The number of halogens is 1. The summed E-state index contributed by atoms with van der Waals surface area (Å²) in [5.74, 6) is -0.0901. The van der Waals surface area contributed by atoms with Crippen molar-refractivity contribution in [3.05, 3.63) is 71.8 Å². The molecule has 1 amide bonds. The number of likely N-dealkylation sites (N-methyl/N-ethyl adjacent to an activating group) is 1. The van der Waals surface area contributed by atoms with Gasteiger partial charge in [-0.2, -0.15) is 5.10 Å². The Morgan fingerprint density at radius 1 is 1.09 bits per heavy atom. The van der Waals surface area contributed by atoms with Gasteiger partial charge in [-0.25, -0.2) is 14.1 Å². The molecule has 0 aliphatic rings. The van der Waals surface area contributed by atoms with Crippen LogP contribution in [0.1, 0.15) is 29.9 Å². The van der Waals surface area contributed by atoms with Crippen molar-refractivity contribution in [3.63, 3.8) is 0 Å². The van der Waals surface area contributed by atoms with Gasteiger partial charge in [0.2, 0.25) is 5.95 Å². The average Bonchev–Trinajstić information content (AvgIpc) is 3.35. The molecule has 0 unspecified atom stereocenters. The number of hydrogen-bond donors (Lipinski definition) is 1. The predicted molar refractivity (Wildman–Crippen MR) is 124 cm³/mol. The second-order valence-corrected chi connectivity index (χ2v) is 7.59. The number of rotatable bonds is 8. The fourth-order valence-electron chi connectivity index (χ4n) is 3.82. The normalized spacial score (nSPS) is 11.4. The molecule has 0 bridgehead atoms. The Labute approximate surface area is 186 Å². The highest BCUT2D eigenvalue weighted by molar-refractivity contribution is 6.04. The summed E-state index contributed by atoms with van der Waals surface area (Å²) in [7, 11) is 0. The first-order chi connectivity index (χ1) is 15.5. The summed E-state index contributed by atoms with van der Waals surface area (Å²) in [4.78, 5) is 20.1. The number of aromatic nitrogens is 4. The second kappa shape index (κ2) is 9.32. The quantitative estimate of drug-likeness (QED) is 0.450. The third-order valence-electron chi connectivity index (χ3n) is 5.74. The lowest BCUT2D eigenvalue weighted by Gasteiger charge is -2.19. The lowest BCUT2D eigenvalue weighted by atomic mass is 10.2. The number of carbonyl (C=O) groups is 1. The molecule has 4 aromatic rings. The standard InChI is InChI=1S/C24H27FN6O/c1-4-29(5-2)14-15-30-22-9-7-6-8-21(22)27-24(30)28-23(32)20-16-26-31(17(20)3)19-12-10-18(25)11-13-19/h6-13,16H,4-5,14-15H2,1-3H3,(H,27,28,32). The summed E-state index contributed by atoms with van der Waals surface area (Å²) in [6.07, 6.45) is 1.52. The van der Waals surface area contributed by atoms with Gasteiger partial charge in [0.25, 0.3) is 5.91 Å². The highest BCUT2D eigenvalue weighted by Gasteiger charge is 2.19. The first-order valence-corrected chi connectivity index (χ1v) is 10.8. The molecule has 0 aliphatic carbocycles. The molecule has 32 heavy (non-hydrogen) atoms. The van der Waals surface area contributed by atoms with Crippen molar-refractivity contribution in [2.24, 2.45) is 0 Å². The Balaban J connectivity index is 1.61. The topological polar surface area (TPSA) is 68.0 Å². The minimum atomic E-state index is -0.319. The van der Waals surface area contributed by atoms with Gasteiger partial charge < -0.3 is 9.47 Å². The summed E-state index contributed by atoms with van der Waals surface area (Å²) < 4.78 is 16.9. The number of anilines is 1. The van der Waals surface area contributed by atoms with E-state index >= 15 is 0 Å². The van der Waals surface area contributed by atoms with Gasteiger partial charge in [-0.15, -0.1) is 0 Å². The van der Waals surface area contributed by atoms with E-state index in [9.17, 15) is 9.18 Å². The fraction of sp³-hybridized carbons (Fsp3) is 0.292. The third kappa shape index (κ3) is 4.27. The molecule has 0 atom stereocenters. The summed E-state index contributed by atoms with van der Waals surface area (Å²) in [6.45, 7) is 9.59. The Morgan fingerprint density at radius 2 is 1.81 bits per heavy atom. The van der Waals surface area contributed by atoms with Gasteiger partial charge in [-0.1, -0.05) is 26.0 Å². The van der Waals surface area contributed by atoms with Gasteiger partial charge in [0.15, 0.2) is 0 Å². The van der Waals surface area contributed by atoms with Crippen LogP contribution in [0.3, 0.4) is 0 Å². The van der Waals surface area contributed by atoms with Crippen LogP contribution < -0.4 is 5.32 Å². The van der Waals surface area contributed by atoms with Crippen molar-refractivity contribution in [3.8, 4) is 5.69 Å². The maximum Gasteiger partial charge on any atom is 0.261 e. The second-order valence-electron chi connectivity index (χ2n) is 7.59. The Kier molecular flexibility index (Phi) is 6.32. The summed E-state index contributed by atoms with van der Waals surface area (Å²) in [6, 6.07) is 13.9. The number of imidazole rings is 1. The van der Waals surface area contributed by atoms with Crippen LogP contribution in [0.25, 0.3) is 16.7 Å². The van der Waals surface area contributed by atoms with E-state index in [1.165, 1.54) is 18.3 Å². The van der Waals surface area contributed by atoms with E-state index in [0.29, 0.717) is 29.4 Å². The van der Waals surface area contributed by atoms with Gasteiger partial charge in [-0.3, -0.25) is 10.1 Å². The first-order valence-electron chi connectivity index (χ1n) is 10.8. The molecule has 2 aromatic carbocycles. The summed E-state index contributed by atoms with van der Waals surface area (Å²) in [5, 5.41) is 7.30.